The van der Waals surface area contributed by atoms with Gasteiger partial charge in [-0.25, -0.2) is 0 Å². The minimum absolute atomic E-state index is 0.0177. The molecule has 134 valence electrons. The number of benzene rings is 1. The number of amides is 2. The quantitative estimate of drug-likeness (QED) is 0.906. The van der Waals surface area contributed by atoms with Crippen molar-refractivity contribution in [1.29, 1.82) is 0 Å². The summed E-state index contributed by atoms with van der Waals surface area (Å²) in [6.45, 7) is 2.14. The van der Waals surface area contributed by atoms with Crippen molar-refractivity contribution in [3.63, 3.8) is 0 Å². The first kappa shape index (κ1) is 17.5. The number of rotatable bonds is 4. The highest BCUT2D eigenvalue weighted by atomic mass is 16.4. The number of aliphatic carboxylic acids is 1. The van der Waals surface area contributed by atoms with Gasteiger partial charge in [-0.2, -0.15) is 0 Å². The average molecular weight is 344 g/mol. The van der Waals surface area contributed by atoms with E-state index in [4.69, 9.17) is 0 Å². The molecular formula is C19H24N2O4. The van der Waals surface area contributed by atoms with Crippen LogP contribution in [0.3, 0.4) is 0 Å². The van der Waals surface area contributed by atoms with Crippen LogP contribution in [0.2, 0.25) is 0 Å². The first-order valence-electron chi connectivity index (χ1n) is 8.87. The fraction of sp³-hybridized carbons (Fsp3) is 0.526. The molecule has 0 spiro atoms. The van der Waals surface area contributed by atoms with Crippen LogP contribution in [0.15, 0.2) is 30.3 Å². The standard InChI is InChI=1S/C19H24N2O4/c22-16(14-19(18(24)25)8-4-9-19)20-10-5-11-21(13-12-20)17(23)15-6-2-1-3-7-15/h1-3,6-7H,4-5,8-14H2,(H,24,25). The van der Waals surface area contributed by atoms with E-state index in [1.807, 2.05) is 18.2 Å². The van der Waals surface area contributed by atoms with Crippen molar-refractivity contribution in [2.45, 2.75) is 32.1 Å². The zero-order valence-electron chi connectivity index (χ0n) is 14.3. The lowest BCUT2D eigenvalue weighted by molar-refractivity contribution is -0.159. The summed E-state index contributed by atoms with van der Waals surface area (Å²) < 4.78 is 0. The van der Waals surface area contributed by atoms with Crippen LogP contribution in [0.1, 0.15) is 42.5 Å². The smallest absolute Gasteiger partial charge is 0.310 e. The Hall–Kier alpha value is -2.37. The normalized spacial score (nSPS) is 19.7. The minimum Gasteiger partial charge on any atom is -0.481 e. The summed E-state index contributed by atoms with van der Waals surface area (Å²) in [5, 5.41) is 9.40. The van der Waals surface area contributed by atoms with Crippen LogP contribution in [0.4, 0.5) is 0 Å². The monoisotopic (exact) mass is 344 g/mol. The molecule has 1 N–H and O–H groups in total. The van der Waals surface area contributed by atoms with Gasteiger partial charge in [-0.15, -0.1) is 0 Å². The van der Waals surface area contributed by atoms with Crippen LogP contribution in [0.5, 0.6) is 0 Å². The van der Waals surface area contributed by atoms with Gasteiger partial charge in [0.15, 0.2) is 0 Å². The van der Waals surface area contributed by atoms with E-state index >= 15 is 0 Å². The number of carboxylic acids is 1. The molecule has 2 aliphatic rings. The third kappa shape index (κ3) is 3.67. The molecule has 2 amide bonds. The van der Waals surface area contributed by atoms with Crippen molar-refractivity contribution in [2.24, 2.45) is 5.41 Å². The Labute approximate surface area is 147 Å². The van der Waals surface area contributed by atoms with Crippen LogP contribution in [-0.2, 0) is 9.59 Å². The number of nitrogens with zero attached hydrogens (tertiary/aromatic N) is 2. The summed E-state index contributed by atoms with van der Waals surface area (Å²) in [7, 11) is 0. The van der Waals surface area contributed by atoms with Gasteiger partial charge in [0, 0.05) is 38.2 Å². The van der Waals surface area contributed by atoms with Gasteiger partial charge in [-0.1, -0.05) is 24.6 Å². The van der Waals surface area contributed by atoms with E-state index in [9.17, 15) is 19.5 Å². The Bertz CT molecular complexity index is 655. The topological polar surface area (TPSA) is 77.9 Å². The van der Waals surface area contributed by atoms with Crippen LogP contribution >= 0.6 is 0 Å². The molecule has 0 bridgehead atoms. The number of hydrogen-bond donors (Lipinski definition) is 1. The lowest BCUT2D eigenvalue weighted by Gasteiger charge is -2.38. The fourth-order valence-electron chi connectivity index (χ4n) is 3.60. The highest BCUT2D eigenvalue weighted by Gasteiger charge is 2.46. The van der Waals surface area contributed by atoms with E-state index in [0.717, 1.165) is 6.42 Å². The molecule has 1 aromatic carbocycles. The summed E-state index contributed by atoms with van der Waals surface area (Å²) in [5.41, 5.74) is -0.204. The predicted octanol–water partition coefficient (Wildman–Crippen LogP) is 2.01. The molecule has 1 heterocycles. The van der Waals surface area contributed by atoms with Gasteiger partial charge >= 0.3 is 5.97 Å². The van der Waals surface area contributed by atoms with E-state index < -0.39 is 11.4 Å². The Morgan fingerprint density at radius 3 is 2.16 bits per heavy atom. The number of carbonyl (C=O) groups is 3. The van der Waals surface area contributed by atoms with E-state index in [1.54, 1.807) is 21.9 Å². The zero-order valence-corrected chi connectivity index (χ0v) is 14.3. The van der Waals surface area contributed by atoms with E-state index in [-0.39, 0.29) is 18.2 Å². The zero-order chi connectivity index (χ0) is 17.9. The van der Waals surface area contributed by atoms with Gasteiger partial charge < -0.3 is 14.9 Å². The number of hydrogen-bond acceptors (Lipinski definition) is 3. The van der Waals surface area contributed by atoms with Crippen LogP contribution in [0, 0.1) is 5.41 Å². The maximum atomic E-state index is 12.6. The molecule has 1 aliphatic heterocycles. The SMILES string of the molecule is O=C(CC1(C(=O)O)CCC1)N1CCCN(C(=O)c2ccccc2)CC1. The molecule has 1 aliphatic carbocycles. The number of carbonyl (C=O) groups excluding carboxylic acids is 2. The highest BCUT2D eigenvalue weighted by molar-refractivity contribution is 5.94. The molecule has 1 saturated carbocycles. The molecule has 0 radical (unpaired) electrons. The third-order valence-electron chi connectivity index (χ3n) is 5.41. The Kier molecular flexibility index (Phi) is 5.06. The van der Waals surface area contributed by atoms with Crippen molar-refractivity contribution in [2.75, 3.05) is 26.2 Å². The van der Waals surface area contributed by atoms with Gasteiger partial charge in [-0.05, 0) is 31.4 Å². The molecule has 3 rings (SSSR count). The third-order valence-corrected chi connectivity index (χ3v) is 5.41. The maximum absolute atomic E-state index is 12.6. The van der Waals surface area contributed by atoms with Crippen molar-refractivity contribution in [3.05, 3.63) is 35.9 Å². The maximum Gasteiger partial charge on any atom is 0.310 e. The second-order valence-electron chi connectivity index (χ2n) is 7.01. The molecule has 0 unspecified atom stereocenters. The fourth-order valence-corrected chi connectivity index (χ4v) is 3.60. The molecule has 1 aromatic rings. The average Bonchev–Trinajstić information content (AvgIpc) is 2.84. The van der Waals surface area contributed by atoms with Crippen molar-refractivity contribution in [3.8, 4) is 0 Å². The largest absolute Gasteiger partial charge is 0.481 e. The van der Waals surface area contributed by atoms with E-state index in [2.05, 4.69) is 0 Å². The molecule has 2 fully saturated rings. The first-order chi connectivity index (χ1) is 12.0. The summed E-state index contributed by atoms with van der Waals surface area (Å²) in [6.07, 6.45) is 2.83. The van der Waals surface area contributed by atoms with Crippen LogP contribution in [-0.4, -0.2) is 58.9 Å². The van der Waals surface area contributed by atoms with E-state index in [1.165, 1.54) is 0 Å². The van der Waals surface area contributed by atoms with E-state index in [0.29, 0.717) is 51.0 Å². The van der Waals surface area contributed by atoms with Crippen LogP contribution < -0.4 is 0 Å². The molecule has 1 saturated heterocycles. The number of carboxylic acid groups (broad SMARTS) is 1. The molecule has 6 heteroatoms. The van der Waals surface area contributed by atoms with Gasteiger partial charge in [0.25, 0.3) is 5.91 Å². The molecule has 25 heavy (non-hydrogen) atoms. The van der Waals surface area contributed by atoms with Gasteiger partial charge in [0.2, 0.25) is 5.91 Å². The van der Waals surface area contributed by atoms with Gasteiger partial charge in [-0.3, -0.25) is 14.4 Å². The minimum atomic E-state index is -0.859. The Balaban J connectivity index is 1.59. The highest BCUT2D eigenvalue weighted by Crippen LogP contribution is 2.44. The first-order valence-corrected chi connectivity index (χ1v) is 8.87. The lowest BCUT2D eigenvalue weighted by atomic mass is 9.66. The molecule has 6 nitrogen and oxygen atoms in total. The predicted molar refractivity (Wildman–Crippen MR) is 92.1 cm³/mol. The Morgan fingerprint density at radius 1 is 0.920 bits per heavy atom. The van der Waals surface area contributed by atoms with Crippen molar-refractivity contribution >= 4 is 17.8 Å². The molecule has 0 aromatic heterocycles. The lowest BCUT2D eigenvalue weighted by Crippen LogP contribution is -2.44. The van der Waals surface area contributed by atoms with Gasteiger partial charge in [0.1, 0.15) is 0 Å². The van der Waals surface area contributed by atoms with Gasteiger partial charge in [0.05, 0.1) is 5.41 Å². The summed E-state index contributed by atoms with van der Waals surface area (Å²) in [4.78, 5) is 40.1. The van der Waals surface area contributed by atoms with Crippen molar-refractivity contribution < 1.29 is 19.5 Å². The summed E-state index contributed by atoms with van der Waals surface area (Å²) in [5.74, 6) is -0.977. The van der Waals surface area contributed by atoms with Crippen LogP contribution in [0.25, 0.3) is 0 Å². The van der Waals surface area contributed by atoms with Crippen molar-refractivity contribution in [1.82, 2.24) is 9.80 Å². The second-order valence-corrected chi connectivity index (χ2v) is 7.01. The molecule has 0 atom stereocenters. The summed E-state index contributed by atoms with van der Waals surface area (Å²) >= 11 is 0. The molecular weight excluding hydrogens is 320 g/mol. The second kappa shape index (κ2) is 7.25. The summed E-state index contributed by atoms with van der Waals surface area (Å²) in [6, 6.07) is 9.14. The Morgan fingerprint density at radius 2 is 1.56 bits per heavy atom.